The Kier molecular flexibility index (Phi) is 5.09. The van der Waals surface area contributed by atoms with Crippen molar-refractivity contribution in [3.8, 4) is 11.8 Å². The zero-order chi connectivity index (χ0) is 17.5. The highest BCUT2D eigenvalue weighted by molar-refractivity contribution is 5.54. The van der Waals surface area contributed by atoms with Crippen LogP contribution in [-0.4, -0.2) is 5.11 Å². The van der Waals surface area contributed by atoms with Crippen LogP contribution in [-0.2, 0) is 5.60 Å². The molecule has 25 heavy (non-hydrogen) atoms. The molecule has 3 rings (SSSR count). The molecule has 0 fully saturated rings. The molecule has 0 aromatic heterocycles. The summed E-state index contributed by atoms with van der Waals surface area (Å²) in [6.07, 6.45) is 3.37. The van der Waals surface area contributed by atoms with Crippen LogP contribution in [0.1, 0.15) is 16.7 Å². The van der Waals surface area contributed by atoms with Gasteiger partial charge in [0.05, 0.1) is 0 Å². The first-order valence-corrected chi connectivity index (χ1v) is 7.97. The fraction of sp³-hybridized carbons (Fsp3) is 0.0435. The van der Waals surface area contributed by atoms with Gasteiger partial charge in [0.2, 0.25) is 0 Å². The second kappa shape index (κ2) is 7.61. The highest BCUT2D eigenvalue weighted by Crippen LogP contribution is 2.24. The molecule has 1 N–H and O–H groups in total. The van der Waals surface area contributed by atoms with Crippen LogP contribution in [0.25, 0.3) is 6.08 Å². The zero-order valence-corrected chi connectivity index (χ0v) is 13.6. The van der Waals surface area contributed by atoms with Crippen molar-refractivity contribution in [2.75, 3.05) is 0 Å². The highest BCUT2D eigenvalue weighted by Gasteiger charge is 2.24. The van der Waals surface area contributed by atoms with Crippen molar-refractivity contribution in [1.82, 2.24) is 0 Å². The van der Waals surface area contributed by atoms with E-state index < -0.39 is 11.4 Å². The lowest BCUT2D eigenvalue weighted by molar-refractivity contribution is 0.154. The Labute approximate surface area is 147 Å². The van der Waals surface area contributed by atoms with Gasteiger partial charge >= 0.3 is 0 Å². The minimum Gasteiger partial charge on any atom is -0.370 e. The summed E-state index contributed by atoms with van der Waals surface area (Å²) in [7, 11) is 0. The summed E-state index contributed by atoms with van der Waals surface area (Å²) in [4.78, 5) is 0. The van der Waals surface area contributed by atoms with Gasteiger partial charge in [0.15, 0.2) is 5.60 Å². The Bertz CT molecular complexity index is 920. The van der Waals surface area contributed by atoms with Crippen LogP contribution in [0.3, 0.4) is 0 Å². The van der Waals surface area contributed by atoms with Gasteiger partial charge in [0.1, 0.15) is 5.82 Å². The van der Waals surface area contributed by atoms with Crippen LogP contribution in [0.4, 0.5) is 4.39 Å². The maximum absolute atomic E-state index is 13.6. The number of rotatable bonds is 3. The van der Waals surface area contributed by atoms with Crippen LogP contribution in [0.2, 0.25) is 0 Å². The lowest BCUT2D eigenvalue weighted by Crippen LogP contribution is -2.20. The van der Waals surface area contributed by atoms with Crippen LogP contribution in [0, 0.1) is 17.7 Å². The molecule has 0 spiro atoms. The normalized spacial score (nSPS) is 13.0. The average molecular weight is 328 g/mol. The average Bonchev–Trinajstić information content (AvgIpc) is 2.66. The van der Waals surface area contributed by atoms with E-state index in [0.717, 1.165) is 11.1 Å². The summed E-state index contributed by atoms with van der Waals surface area (Å²) in [5.74, 6) is 5.43. The van der Waals surface area contributed by atoms with E-state index in [1.165, 1.54) is 12.1 Å². The van der Waals surface area contributed by atoms with E-state index in [-0.39, 0.29) is 0 Å². The maximum Gasteiger partial charge on any atom is 0.170 e. The molecular formula is C23H17FO. The van der Waals surface area contributed by atoms with Gasteiger partial charge in [-0.15, -0.1) is 0 Å². The molecule has 0 amide bonds. The van der Waals surface area contributed by atoms with Crippen molar-refractivity contribution in [3.63, 3.8) is 0 Å². The fourth-order valence-electron chi connectivity index (χ4n) is 2.41. The minimum atomic E-state index is -1.59. The molecule has 0 bridgehead atoms. The smallest absolute Gasteiger partial charge is 0.170 e. The predicted molar refractivity (Wildman–Crippen MR) is 99.1 cm³/mol. The molecule has 0 aliphatic heterocycles. The molecule has 1 unspecified atom stereocenters. The van der Waals surface area contributed by atoms with Crippen LogP contribution in [0.5, 0.6) is 0 Å². The molecule has 1 atom stereocenters. The van der Waals surface area contributed by atoms with Crippen molar-refractivity contribution < 1.29 is 9.50 Å². The Morgan fingerprint density at radius 3 is 2.20 bits per heavy atom. The van der Waals surface area contributed by atoms with E-state index in [4.69, 9.17) is 0 Å². The van der Waals surface area contributed by atoms with E-state index in [9.17, 15) is 9.50 Å². The van der Waals surface area contributed by atoms with Gasteiger partial charge in [-0.3, -0.25) is 0 Å². The zero-order valence-electron chi connectivity index (χ0n) is 13.6. The Morgan fingerprint density at radius 1 is 0.840 bits per heavy atom. The Hall–Kier alpha value is -3.15. The molecule has 0 aliphatic carbocycles. The van der Waals surface area contributed by atoms with E-state index in [1.54, 1.807) is 24.3 Å². The molecule has 3 aromatic carbocycles. The number of hydrogen-bond acceptors (Lipinski definition) is 1. The van der Waals surface area contributed by atoms with Gasteiger partial charge in [0, 0.05) is 11.1 Å². The summed E-state index contributed by atoms with van der Waals surface area (Å²) in [5.41, 5.74) is 0.515. The first kappa shape index (κ1) is 16.7. The van der Waals surface area contributed by atoms with Gasteiger partial charge in [-0.1, -0.05) is 78.6 Å². The molecule has 122 valence electrons. The lowest BCUT2D eigenvalue weighted by atomic mass is 9.92. The molecule has 0 saturated heterocycles. The Morgan fingerprint density at radius 2 is 1.52 bits per heavy atom. The van der Waals surface area contributed by atoms with Gasteiger partial charge in [-0.25, -0.2) is 4.39 Å². The minimum absolute atomic E-state index is 0.392. The largest absolute Gasteiger partial charge is 0.370 e. The van der Waals surface area contributed by atoms with Gasteiger partial charge in [-0.2, -0.15) is 0 Å². The van der Waals surface area contributed by atoms with Gasteiger partial charge in [-0.05, 0) is 35.9 Å². The Balaban J connectivity index is 2.02. The number of benzene rings is 3. The van der Waals surface area contributed by atoms with Crippen LogP contribution in [0.15, 0.2) is 91.0 Å². The number of aliphatic hydroxyl groups is 1. The quantitative estimate of drug-likeness (QED) is 0.686. The summed E-state index contributed by atoms with van der Waals surface area (Å²) in [6, 6.07) is 24.9. The van der Waals surface area contributed by atoms with Gasteiger partial charge in [0.25, 0.3) is 0 Å². The van der Waals surface area contributed by atoms with Crippen LogP contribution >= 0.6 is 0 Å². The van der Waals surface area contributed by atoms with Crippen LogP contribution < -0.4 is 0 Å². The predicted octanol–water partition coefficient (Wildman–Crippen LogP) is 4.78. The standard InChI is InChI=1S/C23H17FO/c24-22-13-7-12-21(18-22)23(25,16-14-19-8-3-1-4-9-19)17-15-20-10-5-2-6-11-20/h1-14,16,18,25H/b16-14+. The second-order valence-electron chi connectivity index (χ2n) is 5.64. The van der Waals surface area contributed by atoms with E-state index >= 15 is 0 Å². The third-order valence-corrected chi connectivity index (χ3v) is 3.75. The SMILES string of the molecule is OC(C#Cc1ccccc1)(/C=C/c1ccccc1)c1cccc(F)c1. The molecule has 0 radical (unpaired) electrons. The first-order valence-electron chi connectivity index (χ1n) is 7.97. The summed E-state index contributed by atoms with van der Waals surface area (Å²) >= 11 is 0. The van der Waals surface area contributed by atoms with Crippen molar-refractivity contribution in [2.45, 2.75) is 5.60 Å². The third kappa shape index (κ3) is 4.44. The van der Waals surface area contributed by atoms with Crippen molar-refractivity contribution in [2.24, 2.45) is 0 Å². The fourth-order valence-corrected chi connectivity index (χ4v) is 2.41. The molecule has 1 nitrogen and oxygen atoms in total. The highest BCUT2D eigenvalue weighted by atomic mass is 19.1. The topological polar surface area (TPSA) is 20.2 Å². The summed E-state index contributed by atoms with van der Waals surface area (Å²) in [6.45, 7) is 0. The number of halogens is 1. The van der Waals surface area contributed by atoms with Gasteiger partial charge < -0.3 is 5.11 Å². The molecular weight excluding hydrogens is 311 g/mol. The second-order valence-corrected chi connectivity index (χ2v) is 5.64. The lowest BCUT2D eigenvalue weighted by Gasteiger charge is -2.19. The van der Waals surface area contributed by atoms with E-state index in [1.807, 2.05) is 60.7 Å². The summed E-state index contributed by atoms with van der Waals surface area (Å²) < 4.78 is 13.6. The van der Waals surface area contributed by atoms with E-state index in [2.05, 4.69) is 11.8 Å². The van der Waals surface area contributed by atoms with Crippen molar-refractivity contribution >= 4 is 6.08 Å². The van der Waals surface area contributed by atoms with Crippen molar-refractivity contribution in [1.29, 1.82) is 0 Å². The van der Waals surface area contributed by atoms with Crippen molar-refractivity contribution in [3.05, 3.63) is 114 Å². The third-order valence-electron chi connectivity index (χ3n) is 3.75. The molecule has 0 saturated carbocycles. The molecule has 2 heteroatoms. The monoisotopic (exact) mass is 328 g/mol. The summed E-state index contributed by atoms with van der Waals surface area (Å²) in [5, 5.41) is 11.1. The molecule has 3 aromatic rings. The molecule has 0 aliphatic rings. The first-order chi connectivity index (χ1) is 12.2. The maximum atomic E-state index is 13.6. The molecule has 0 heterocycles. The number of hydrogen-bond donors (Lipinski definition) is 1. The van der Waals surface area contributed by atoms with E-state index in [0.29, 0.717) is 5.56 Å².